The minimum Gasteiger partial charge on any atom is -0.486 e. The fourth-order valence-electron chi connectivity index (χ4n) is 2.78. The first-order valence-electron chi connectivity index (χ1n) is 8.24. The Labute approximate surface area is 166 Å². The number of benzene rings is 2. The average molecular weight is 422 g/mol. The van der Waals surface area contributed by atoms with Gasteiger partial charge in [-0.25, -0.2) is 8.42 Å². The number of hydrogen-bond acceptors (Lipinski definition) is 5. The number of fused-ring (bicyclic) bond motifs is 1. The van der Waals surface area contributed by atoms with Crippen LogP contribution < -0.4 is 13.8 Å². The van der Waals surface area contributed by atoms with E-state index in [2.05, 4.69) is 0 Å². The van der Waals surface area contributed by atoms with E-state index in [0.717, 1.165) is 4.88 Å². The molecule has 1 aliphatic heterocycles. The molecule has 1 aliphatic rings. The zero-order chi connectivity index (χ0) is 18.9. The maximum Gasteiger partial charge on any atom is 0.264 e. The number of rotatable bonds is 5. The van der Waals surface area contributed by atoms with Gasteiger partial charge in [0.15, 0.2) is 11.5 Å². The van der Waals surface area contributed by atoms with E-state index in [9.17, 15) is 8.42 Å². The molecule has 3 aromatic rings. The van der Waals surface area contributed by atoms with Gasteiger partial charge in [-0.15, -0.1) is 11.3 Å². The van der Waals surface area contributed by atoms with Gasteiger partial charge in [-0.2, -0.15) is 0 Å². The van der Waals surface area contributed by atoms with Crippen molar-refractivity contribution in [2.45, 2.75) is 11.4 Å². The van der Waals surface area contributed by atoms with Crippen LogP contribution in [0.2, 0.25) is 5.02 Å². The normalized spacial score (nSPS) is 13.4. The van der Waals surface area contributed by atoms with Crippen molar-refractivity contribution in [3.05, 3.63) is 69.9 Å². The minimum atomic E-state index is -3.79. The summed E-state index contributed by atoms with van der Waals surface area (Å²) in [5, 5.41) is 2.41. The SMILES string of the molecule is O=S(=O)(c1ccc(Cl)cc1)N(Cc1cccs1)c1ccc2c(c1)OCCO2. The molecule has 5 nitrogen and oxygen atoms in total. The molecule has 0 spiro atoms. The van der Waals surface area contributed by atoms with Gasteiger partial charge in [-0.3, -0.25) is 4.31 Å². The van der Waals surface area contributed by atoms with Gasteiger partial charge in [-0.05, 0) is 47.8 Å². The lowest BCUT2D eigenvalue weighted by atomic mass is 10.2. The smallest absolute Gasteiger partial charge is 0.264 e. The summed E-state index contributed by atoms with van der Waals surface area (Å²) in [5.41, 5.74) is 0.516. The van der Waals surface area contributed by atoms with Gasteiger partial charge in [0.25, 0.3) is 10.0 Å². The molecule has 0 N–H and O–H groups in total. The number of hydrogen-bond donors (Lipinski definition) is 0. The number of halogens is 1. The molecular formula is C19H16ClNO4S2. The van der Waals surface area contributed by atoms with Gasteiger partial charge < -0.3 is 9.47 Å². The van der Waals surface area contributed by atoms with Gasteiger partial charge in [-0.1, -0.05) is 17.7 Å². The third-order valence-electron chi connectivity index (χ3n) is 4.09. The number of sulfonamides is 1. The van der Waals surface area contributed by atoms with E-state index < -0.39 is 10.0 Å². The Balaban J connectivity index is 1.78. The molecule has 2 heterocycles. The molecule has 0 unspecified atom stereocenters. The van der Waals surface area contributed by atoms with E-state index in [1.807, 2.05) is 17.5 Å². The molecule has 0 saturated heterocycles. The number of anilines is 1. The van der Waals surface area contributed by atoms with Gasteiger partial charge in [0.2, 0.25) is 0 Å². The van der Waals surface area contributed by atoms with E-state index >= 15 is 0 Å². The second-order valence-electron chi connectivity index (χ2n) is 5.87. The summed E-state index contributed by atoms with van der Waals surface area (Å²) in [7, 11) is -3.79. The van der Waals surface area contributed by atoms with Crippen molar-refractivity contribution in [3.63, 3.8) is 0 Å². The monoisotopic (exact) mass is 421 g/mol. The summed E-state index contributed by atoms with van der Waals surface area (Å²) in [6.45, 7) is 1.14. The average Bonchev–Trinajstić information content (AvgIpc) is 3.19. The van der Waals surface area contributed by atoms with Crippen molar-refractivity contribution in [1.82, 2.24) is 0 Å². The molecule has 0 bridgehead atoms. The van der Waals surface area contributed by atoms with Crippen LogP contribution >= 0.6 is 22.9 Å². The van der Waals surface area contributed by atoms with Crippen LogP contribution in [-0.4, -0.2) is 21.6 Å². The molecule has 1 aromatic heterocycles. The van der Waals surface area contributed by atoms with Crippen LogP contribution in [0.5, 0.6) is 11.5 Å². The molecule has 4 rings (SSSR count). The van der Waals surface area contributed by atoms with Crippen molar-refractivity contribution >= 4 is 38.6 Å². The molecule has 27 heavy (non-hydrogen) atoms. The number of thiophene rings is 1. The van der Waals surface area contributed by atoms with E-state index in [1.54, 1.807) is 30.3 Å². The van der Waals surface area contributed by atoms with Crippen molar-refractivity contribution in [2.24, 2.45) is 0 Å². The summed E-state index contributed by atoms with van der Waals surface area (Å²) in [4.78, 5) is 1.11. The molecule has 0 radical (unpaired) electrons. The molecule has 0 atom stereocenters. The molecule has 140 valence electrons. The van der Waals surface area contributed by atoms with Gasteiger partial charge in [0.05, 0.1) is 17.1 Å². The molecular weight excluding hydrogens is 406 g/mol. The summed E-state index contributed by atoms with van der Waals surface area (Å²) in [5.74, 6) is 1.16. The predicted octanol–water partition coefficient (Wildman–Crippen LogP) is 4.57. The lowest BCUT2D eigenvalue weighted by Crippen LogP contribution is -2.30. The van der Waals surface area contributed by atoms with Crippen molar-refractivity contribution in [1.29, 1.82) is 0 Å². The zero-order valence-electron chi connectivity index (χ0n) is 14.2. The van der Waals surface area contributed by atoms with Gasteiger partial charge in [0, 0.05) is 16.0 Å². The second-order valence-corrected chi connectivity index (χ2v) is 9.20. The van der Waals surface area contributed by atoms with Crippen LogP contribution in [0.1, 0.15) is 4.88 Å². The highest BCUT2D eigenvalue weighted by Crippen LogP contribution is 2.36. The van der Waals surface area contributed by atoms with Crippen LogP contribution in [0.3, 0.4) is 0 Å². The van der Waals surface area contributed by atoms with E-state index in [4.69, 9.17) is 21.1 Å². The molecule has 0 aliphatic carbocycles. The van der Waals surface area contributed by atoms with Crippen molar-refractivity contribution in [3.8, 4) is 11.5 Å². The first-order valence-corrected chi connectivity index (χ1v) is 10.9. The van der Waals surface area contributed by atoms with Gasteiger partial charge >= 0.3 is 0 Å². The Morgan fingerprint density at radius 3 is 2.44 bits per heavy atom. The highest BCUT2D eigenvalue weighted by atomic mass is 35.5. The minimum absolute atomic E-state index is 0.179. The fourth-order valence-corrected chi connectivity index (χ4v) is 5.12. The summed E-state index contributed by atoms with van der Waals surface area (Å²) in [6, 6.07) is 15.1. The lowest BCUT2D eigenvalue weighted by Gasteiger charge is -2.26. The van der Waals surface area contributed by atoms with Crippen LogP contribution in [0.25, 0.3) is 0 Å². The molecule has 8 heteroatoms. The summed E-state index contributed by atoms with van der Waals surface area (Å²) >= 11 is 7.42. The Hall–Kier alpha value is -2.22. The summed E-state index contributed by atoms with van der Waals surface area (Å²) < 4.78 is 39.2. The third-order valence-corrected chi connectivity index (χ3v) is 7.00. The maximum atomic E-state index is 13.4. The van der Waals surface area contributed by atoms with Crippen molar-refractivity contribution < 1.29 is 17.9 Å². The standard InChI is InChI=1S/C19H16ClNO4S2/c20-14-3-6-17(7-4-14)27(22,23)21(13-16-2-1-11-26-16)15-5-8-18-19(12-15)25-10-9-24-18/h1-8,11-12H,9-10,13H2. The Kier molecular flexibility index (Phi) is 4.99. The quantitative estimate of drug-likeness (QED) is 0.605. The van der Waals surface area contributed by atoms with Crippen LogP contribution in [0.15, 0.2) is 64.9 Å². The fraction of sp³-hybridized carbons (Fsp3) is 0.158. The number of ether oxygens (including phenoxy) is 2. The third kappa shape index (κ3) is 3.76. The van der Waals surface area contributed by atoms with Crippen LogP contribution in [0.4, 0.5) is 5.69 Å². The molecule has 2 aromatic carbocycles. The molecule has 0 fully saturated rings. The van der Waals surface area contributed by atoms with Crippen molar-refractivity contribution in [2.75, 3.05) is 17.5 Å². The van der Waals surface area contributed by atoms with Crippen LogP contribution in [-0.2, 0) is 16.6 Å². The van der Waals surface area contributed by atoms with Crippen LogP contribution in [0, 0.1) is 0 Å². The van der Waals surface area contributed by atoms with E-state index in [-0.39, 0.29) is 11.4 Å². The highest BCUT2D eigenvalue weighted by Gasteiger charge is 2.27. The maximum absolute atomic E-state index is 13.4. The first-order chi connectivity index (χ1) is 13.0. The second kappa shape index (κ2) is 7.42. The Morgan fingerprint density at radius 1 is 1.00 bits per heavy atom. The topological polar surface area (TPSA) is 55.8 Å². The lowest BCUT2D eigenvalue weighted by molar-refractivity contribution is 0.171. The van der Waals surface area contributed by atoms with E-state index in [0.29, 0.717) is 35.4 Å². The zero-order valence-corrected chi connectivity index (χ0v) is 16.6. The van der Waals surface area contributed by atoms with E-state index in [1.165, 1.54) is 27.8 Å². The largest absolute Gasteiger partial charge is 0.486 e. The first kappa shape index (κ1) is 18.2. The highest BCUT2D eigenvalue weighted by molar-refractivity contribution is 7.92. The summed E-state index contributed by atoms with van der Waals surface area (Å²) in [6.07, 6.45) is 0. The predicted molar refractivity (Wildman–Crippen MR) is 107 cm³/mol. The molecule has 0 amide bonds. The number of nitrogens with zero attached hydrogens (tertiary/aromatic N) is 1. The molecule has 0 saturated carbocycles. The van der Waals surface area contributed by atoms with Gasteiger partial charge in [0.1, 0.15) is 13.2 Å². The Morgan fingerprint density at radius 2 is 1.74 bits per heavy atom. The Bertz CT molecular complexity index is 1030.